The normalized spacial score (nSPS) is 10.7. The molecule has 0 spiro atoms. The highest BCUT2D eigenvalue weighted by Crippen LogP contribution is 2.26. The Morgan fingerprint density at radius 1 is 1.14 bits per heavy atom. The van der Waals surface area contributed by atoms with Gasteiger partial charge in [-0.3, -0.25) is 0 Å². The van der Waals surface area contributed by atoms with Crippen molar-refractivity contribution in [2.24, 2.45) is 0 Å². The van der Waals surface area contributed by atoms with Gasteiger partial charge in [0.1, 0.15) is 11.3 Å². The van der Waals surface area contributed by atoms with Crippen LogP contribution in [0.5, 0.6) is 0 Å². The minimum Gasteiger partial charge on any atom is -0.353 e. The summed E-state index contributed by atoms with van der Waals surface area (Å²) in [6, 6.07) is 10.0. The second kappa shape index (κ2) is 6.45. The third-order valence-corrected chi connectivity index (χ3v) is 3.93. The van der Waals surface area contributed by atoms with Gasteiger partial charge in [-0.2, -0.15) is 0 Å². The molecule has 0 saturated carbocycles. The van der Waals surface area contributed by atoms with Crippen molar-refractivity contribution in [3.8, 4) is 10.6 Å². The first kappa shape index (κ1) is 13.7. The molecular formula is C14H16N6S. The lowest BCUT2D eigenvalue weighted by molar-refractivity contribution is 0.643. The molecule has 0 unspecified atom stereocenters. The van der Waals surface area contributed by atoms with E-state index in [2.05, 4.69) is 32.6 Å². The maximum atomic E-state index is 4.21. The molecule has 0 atom stereocenters. The fourth-order valence-corrected chi connectivity index (χ4v) is 2.73. The van der Waals surface area contributed by atoms with E-state index in [1.54, 1.807) is 6.33 Å². The first-order valence-corrected chi connectivity index (χ1v) is 7.68. The summed E-state index contributed by atoms with van der Waals surface area (Å²) in [6.07, 6.45) is 2.82. The van der Waals surface area contributed by atoms with Crippen LogP contribution < -0.4 is 5.32 Å². The molecule has 0 bridgehead atoms. The van der Waals surface area contributed by atoms with Crippen LogP contribution in [0.25, 0.3) is 10.6 Å². The lowest BCUT2D eigenvalue weighted by Gasteiger charge is -2.04. The second-order valence-corrected chi connectivity index (χ2v) is 5.55. The molecule has 0 radical (unpaired) electrons. The molecule has 0 saturated heterocycles. The molecule has 1 aromatic carbocycles. The van der Waals surface area contributed by atoms with Crippen molar-refractivity contribution >= 4 is 16.5 Å². The number of hydrogen-bond acceptors (Lipinski definition) is 6. The number of hydrogen-bond donors (Lipinski definition) is 1. The van der Waals surface area contributed by atoms with E-state index in [1.807, 2.05) is 34.9 Å². The van der Waals surface area contributed by atoms with E-state index < -0.39 is 0 Å². The highest BCUT2D eigenvalue weighted by molar-refractivity contribution is 7.18. The van der Waals surface area contributed by atoms with Gasteiger partial charge < -0.3 is 9.88 Å². The molecule has 3 rings (SSSR count). The van der Waals surface area contributed by atoms with Gasteiger partial charge in [-0.1, -0.05) is 48.6 Å². The minimum absolute atomic E-state index is 0.601. The number of nitrogens with zero attached hydrogens (tertiary/aromatic N) is 5. The summed E-state index contributed by atoms with van der Waals surface area (Å²) in [4.78, 5) is 0. The van der Waals surface area contributed by atoms with Gasteiger partial charge in [-0.25, -0.2) is 0 Å². The summed E-state index contributed by atoms with van der Waals surface area (Å²) in [5.41, 5.74) is 1.08. The Kier molecular flexibility index (Phi) is 4.20. The van der Waals surface area contributed by atoms with Crippen LogP contribution in [-0.2, 0) is 13.1 Å². The largest absolute Gasteiger partial charge is 0.353 e. The van der Waals surface area contributed by atoms with Crippen molar-refractivity contribution in [1.29, 1.82) is 0 Å². The third-order valence-electron chi connectivity index (χ3n) is 3.00. The molecule has 21 heavy (non-hydrogen) atoms. The zero-order chi connectivity index (χ0) is 14.5. The number of rotatable bonds is 6. The fraction of sp³-hybridized carbons (Fsp3) is 0.286. The maximum Gasteiger partial charge on any atom is 0.206 e. The Morgan fingerprint density at radius 2 is 2.00 bits per heavy atom. The monoisotopic (exact) mass is 300 g/mol. The van der Waals surface area contributed by atoms with Gasteiger partial charge in [-0.05, 0) is 6.42 Å². The van der Waals surface area contributed by atoms with Crippen LogP contribution in [0.3, 0.4) is 0 Å². The molecule has 0 amide bonds. The number of anilines is 1. The Balaban J connectivity index is 1.66. The summed E-state index contributed by atoms with van der Waals surface area (Å²) in [7, 11) is 0. The zero-order valence-electron chi connectivity index (χ0n) is 11.7. The van der Waals surface area contributed by atoms with Crippen LogP contribution in [0, 0.1) is 0 Å². The lowest BCUT2D eigenvalue weighted by atomic mass is 10.2. The van der Waals surface area contributed by atoms with Gasteiger partial charge in [0.05, 0.1) is 6.54 Å². The fourth-order valence-electron chi connectivity index (χ4n) is 1.99. The highest BCUT2D eigenvalue weighted by atomic mass is 32.1. The summed E-state index contributed by atoms with van der Waals surface area (Å²) in [5, 5.41) is 21.4. The van der Waals surface area contributed by atoms with Crippen molar-refractivity contribution in [2.45, 2.75) is 26.4 Å². The predicted molar refractivity (Wildman–Crippen MR) is 83.0 cm³/mol. The van der Waals surface area contributed by atoms with Crippen LogP contribution in [0.2, 0.25) is 0 Å². The average molecular weight is 300 g/mol. The molecule has 3 aromatic rings. The van der Waals surface area contributed by atoms with E-state index in [9.17, 15) is 0 Å². The van der Waals surface area contributed by atoms with Crippen LogP contribution >= 0.6 is 11.3 Å². The number of aromatic nitrogens is 5. The number of benzene rings is 1. The second-order valence-electron chi connectivity index (χ2n) is 4.57. The standard InChI is InChI=1S/C14H16N6S/c1-2-8-20-10-16-17-12(20)9-15-14-19-18-13(21-14)11-6-4-3-5-7-11/h3-7,10H,2,8-9H2,1H3,(H,15,19). The SMILES string of the molecule is CCCn1cnnc1CNc1nnc(-c2ccccc2)s1. The van der Waals surface area contributed by atoms with Crippen molar-refractivity contribution in [3.63, 3.8) is 0 Å². The summed E-state index contributed by atoms with van der Waals surface area (Å²) in [6.45, 7) is 3.66. The number of aryl methyl sites for hydroxylation is 1. The van der Waals surface area contributed by atoms with Gasteiger partial charge in [0.2, 0.25) is 5.13 Å². The van der Waals surface area contributed by atoms with Gasteiger partial charge in [-0.15, -0.1) is 20.4 Å². The van der Waals surface area contributed by atoms with E-state index in [-0.39, 0.29) is 0 Å². The van der Waals surface area contributed by atoms with E-state index in [0.717, 1.165) is 34.5 Å². The van der Waals surface area contributed by atoms with Crippen molar-refractivity contribution in [3.05, 3.63) is 42.5 Å². The van der Waals surface area contributed by atoms with Gasteiger partial charge in [0, 0.05) is 12.1 Å². The lowest BCUT2D eigenvalue weighted by Crippen LogP contribution is -2.08. The molecule has 1 N–H and O–H groups in total. The van der Waals surface area contributed by atoms with Crippen LogP contribution in [0.1, 0.15) is 19.2 Å². The van der Waals surface area contributed by atoms with Gasteiger partial charge in [0.15, 0.2) is 5.82 Å². The first-order valence-electron chi connectivity index (χ1n) is 6.86. The molecule has 6 nitrogen and oxygen atoms in total. The topological polar surface area (TPSA) is 68.5 Å². The highest BCUT2D eigenvalue weighted by Gasteiger charge is 2.08. The minimum atomic E-state index is 0.601. The maximum absolute atomic E-state index is 4.21. The quantitative estimate of drug-likeness (QED) is 0.758. The molecule has 108 valence electrons. The summed E-state index contributed by atoms with van der Waals surface area (Å²) >= 11 is 1.54. The van der Waals surface area contributed by atoms with Crippen molar-refractivity contribution in [1.82, 2.24) is 25.0 Å². The average Bonchev–Trinajstić information content (AvgIpc) is 3.16. The Hall–Kier alpha value is -2.28. The van der Waals surface area contributed by atoms with E-state index >= 15 is 0 Å². The Labute approximate surface area is 126 Å². The number of nitrogens with one attached hydrogen (secondary N) is 1. The van der Waals surface area contributed by atoms with Crippen molar-refractivity contribution < 1.29 is 0 Å². The molecule has 0 aliphatic rings. The molecule has 0 aliphatic carbocycles. The van der Waals surface area contributed by atoms with Crippen LogP contribution in [0.15, 0.2) is 36.7 Å². The van der Waals surface area contributed by atoms with Crippen LogP contribution in [0.4, 0.5) is 5.13 Å². The molecular weight excluding hydrogens is 284 g/mol. The molecule has 2 heterocycles. The Bertz CT molecular complexity index is 690. The summed E-state index contributed by atoms with van der Waals surface area (Å²) < 4.78 is 2.05. The zero-order valence-corrected chi connectivity index (χ0v) is 12.5. The molecule has 0 aliphatic heterocycles. The van der Waals surface area contributed by atoms with E-state index in [1.165, 1.54) is 11.3 Å². The smallest absolute Gasteiger partial charge is 0.206 e. The predicted octanol–water partition coefficient (Wildman–Crippen LogP) is 2.82. The molecule has 0 fully saturated rings. The molecule has 7 heteroatoms. The van der Waals surface area contributed by atoms with Gasteiger partial charge >= 0.3 is 0 Å². The Morgan fingerprint density at radius 3 is 2.81 bits per heavy atom. The molecule has 2 aromatic heterocycles. The van der Waals surface area contributed by atoms with Crippen molar-refractivity contribution in [2.75, 3.05) is 5.32 Å². The van der Waals surface area contributed by atoms with E-state index in [4.69, 9.17) is 0 Å². The van der Waals surface area contributed by atoms with E-state index in [0.29, 0.717) is 6.54 Å². The van der Waals surface area contributed by atoms with Gasteiger partial charge in [0.25, 0.3) is 0 Å². The summed E-state index contributed by atoms with van der Waals surface area (Å²) in [5.74, 6) is 0.910. The first-order chi connectivity index (χ1) is 10.4. The third kappa shape index (κ3) is 3.25. The van der Waals surface area contributed by atoms with Crippen LogP contribution in [-0.4, -0.2) is 25.0 Å².